The molecular formula is C15H14O4. The Balaban J connectivity index is 1.94. The predicted molar refractivity (Wildman–Crippen MR) is 69.2 cm³/mol. The maximum atomic E-state index is 10.1. The van der Waals surface area contributed by atoms with Crippen LogP contribution in [0.25, 0.3) is 0 Å². The molecule has 98 valence electrons. The minimum absolute atomic E-state index is 0.166. The van der Waals surface area contributed by atoms with E-state index in [4.69, 9.17) is 4.74 Å². The normalized spacial score (nSPS) is 21.5. The quantitative estimate of drug-likeness (QED) is 0.688. The molecule has 3 rings (SSSR count). The molecule has 2 aromatic rings. The topological polar surface area (TPSA) is 69.9 Å². The number of phenols is 2. The minimum Gasteiger partial charge on any atom is -0.504 e. The Kier molecular flexibility index (Phi) is 2.80. The van der Waals surface area contributed by atoms with Crippen molar-refractivity contribution in [1.29, 1.82) is 0 Å². The zero-order valence-electron chi connectivity index (χ0n) is 10.2. The number of fused-ring (bicyclic) bond motifs is 1. The first-order valence-electron chi connectivity index (χ1n) is 6.10. The van der Waals surface area contributed by atoms with E-state index in [9.17, 15) is 15.3 Å². The summed E-state index contributed by atoms with van der Waals surface area (Å²) in [6, 6.07) is 11.9. The first-order valence-corrected chi connectivity index (χ1v) is 6.10. The van der Waals surface area contributed by atoms with Crippen molar-refractivity contribution in [3.63, 3.8) is 0 Å². The molecule has 2 atom stereocenters. The van der Waals surface area contributed by atoms with E-state index in [-0.39, 0.29) is 17.6 Å². The summed E-state index contributed by atoms with van der Waals surface area (Å²) in [6.07, 6.45) is -0.511. The maximum absolute atomic E-state index is 10.1. The molecule has 0 amide bonds. The Labute approximate surface area is 110 Å². The lowest BCUT2D eigenvalue weighted by atomic mass is 9.95. The zero-order chi connectivity index (χ0) is 13.4. The number of phenolic OH excluding ortho intramolecular Hbond substituents is 2. The van der Waals surface area contributed by atoms with Gasteiger partial charge in [0.15, 0.2) is 11.5 Å². The van der Waals surface area contributed by atoms with Gasteiger partial charge in [0.2, 0.25) is 0 Å². The van der Waals surface area contributed by atoms with Crippen LogP contribution in [0, 0.1) is 0 Å². The van der Waals surface area contributed by atoms with Crippen LogP contribution in [0.4, 0.5) is 0 Å². The molecule has 0 fully saturated rings. The maximum Gasteiger partial charge on any atom is 0.157 e. The third-order valence-electron chi connectivity index (χ3n) is 3.36. The number of rotatable bonds is 1. The van der Waals surface area contributed by atoms with Crippen molar-refractivity contribution >= 4 is 0 Å². The number of hydrogen-bond acceptors (Lipinski definition) is 4. The monoisotopic (exact) mass is 258 g/mol. The van der Waals surface area contributed by atoms with Crippen LogP contribution < -0.4 is 4.74 Å². The largest absolute Gasteiger partial charge is 0.504 e. The number of ether oxygens (including phenoxy) is 1. The fraction of sp³-hybridized carbons (Fsp3) is 0.200. The SMILES string of the molecule is Oc1ccc(C2CC(O)c3ccccc3O2)cc1O. The van der Waals surface area contributed by atoms with Crippen LogP contribution in [-0.4, -0.2) is 15.3 Å². The smallest absolute Gasteiger partial charge is 0.157 e. The van der Waals surface area contributed by atoms with Gasteiger partial charge in [-0.3, -0.25) is 0 Å². The minimum atomic E-state index is -0.592. The van der Waals surface area contributed by atoms with Gasteiger partial charge in [0.05, 0.1) is 6.10 Å². The Morgan fingerprint density at radius 3 is 2.58 bits per heavy atom. The number of hydrogen-bond donors (Lipinski definition) is 3. The van der Waals surface area contributed by atoms with Gasteiger partial charge < -0.3 is 20.1 Å². The van der Waals surface area contributed by atoms with Gasteiger partial charge in [0.1, 0.15) is 11.9 Å². The number of aromatic hydroxyl groups is 2. The van der Waals surface area contributed by atoms with E-state index in [1.54, 1.807) is 6.07 Å². The van der Waals surface area contributed by atoms with Crippen LogP contribution in [-0.2, 0) is 0 Å². The van der Waals surface area contributed by atoms with Crippen LogP contribution >= 0.6 is 0 Å². The van der Waals surface area contributed by atoms with Crippen LogP contribution in [0.5, 0.6) is 17.2 Å². The van der Waals surface area contributed by atoms with Gasteiger partial charge in [-0.1, -0.05) is 24.3 Å². The van der Waals surface area contributed by atoms with Gasteiger partial charge in [0.25, 0.3) is 0 Å². The van der Waals surface area contributed by atoms with E-state index in [2.05, 4.69) is 0 Å². The van der Waals surface area contributed by atoms with Crippen LogP contribution in [0.2, 0.25) is 0 Å². The van der Waals surface area contributed by atoms with Gasteiger partial charge in [-0.2, -0.15) is 0 Å². The van der Waals surface area contributed by atoms with Gasteiger partial charge in [-0.05, 0) is 23.8 Å². The summed E-state index contributed by atoms with van der Waals surface area (Å²) in [7, 11) is 0. The highest BCUT2D eigenvalue weighted by atomic mass is 16.5. The van der Waals surface area contributed by atoms with Gasteiger partial charge >= 0.3 is 0 Å². The highest BCUT2D eigenvalue weighted by Crippen LogP contribution is 2.41. The number of aliphatic hydroxyl groups excluding tert-OH is 1. The van der Waals surface area contributed by atoms with Crippen molar-refractivity contribution in [3.8, 4) is 17.2 Å². The predicted octanol–water partition coefficient (Wildman–Crippen LogP) is 2.66. The average molecular weight is 258 g/mol. The first-order chi connectivity index (χ1) is 9.15. The lowest BCUT2D eigenvalue weighted by molar-refractivity contribution is 0.0656. The molecule has 1 aliphatic rings. The van der Waals surface area contributed by atoms with Gasteiger partial charge in [-0.15, -0.1) is 0 Å². The summed E-state index contributed by atoms with van der Waals surface area (Å²) in [5.41, 5.74) is 1.51. The van der Waals surface area contributed by atoms with Gasteiger partial charge in [0, 0.05) is 12.0 Å². The van der Waals surface area contributed by atoms with Crippen molar-refractivity contribution < 1.29 is 20.1 Å². The number of para-hydroxylation sites is 1. The number of aliphatic hydroxyl groups is 1. The van der Waals surface area contributed by atoms with Crippen LogP contribution in [0.15, 0.2) is 42.5 Å². The average Bonchev–Trinajstić information content (AvgIpc) is 2.42. The van der Waals surface area contributed by atoms with E-state index in [0.717, 1.165) is 11.1 Å². The van der Waals surface area contributed by atoms with Crippen LogP contribution in [0.1, 0.15) is 29.8 Å². The van der Waals surface area contributed by atoms with Crippen LogP contribution in [0.3, 0.4) is 0 Å². The van der Waals surface area contributed by atoms with E-state index in [1.165, 1.54) is 12.1 Å². The lowest BCUT2D eigenvalue weighted by Crippen LogP contribution is -2.18. The van der Waals surface area contributed by atoms with E-state index in [0.29, 0.717) is 12.2 Å². The standard InChI is InChI=1S/C15H14O4/c16-11-6-5-9(7-13(11)18)15-8-12(17)10-3-1-2-4-14(10)19-15/h1-7,12,15-18H,8H2. The molecular weight excluding hydrogens is 244 g/mol. The summed E-state index contributed by atoms with van der Waals surface area (Å²) in [6.45, 7) is 0. The highest BCUT2D eigenvalue weighted by molar-refractivity contribution is 5.43. The zero-order valence-corrected chi connectivity index (χ0v) is 10.2. The van der Waals surface area contributed by atoms with E-state index < -0.39 is 6.10 Å². The summed E-state index contributed by atoms with van der Waals surface area (Å²) < 4.78 is 5.83. The molecule has 0 spiro atoms. The molecule has 1 aliphatic heterocycles. The van der Waals surface area contributed by atoms with Crippen molar-refractivity contribution in [3.05, 3.63) is 53.6 Å². The molecule has 0 radical (unpaired) electrons. The van der Waals surface area contributed by atoms with E-state index >= 15 is 0 Å². The highest BCUT2D eigenvalue weighted by Gasteiger charge is 2.28. The fourth-order valence-electron chi connectivity index (χ4n) is 2.34. The molecule has 3 N–H and O–H groups in total. The summed E-state index contributed by atoms with van der Waals surface area (Å²) in [5, 5.41) is 29.0. The molecule has 0 saturated heterocycles. The van der Waals surface area contributed by atoms with Crippen molar-refractivity contribution in [2.45, 2.75) is 18.6 Å². The third-order valence-corrected chi connectivity index (χ3v) is 3.36. The summed E-state index contributed by atoms with van der Waals surface area (Å²) in [4.78, 5) is 0. The second-order valence-corrected chi connectivity index (χ2v) is 4.64. The fourth-order valence-corrected chi connectivity index (χ4v) is 2.34. The Morgan fingerprint density at radius 1 is 1.00 bits per heavy atom. The molecule has 0 saturated carbocycles. The van der Waals surface area contributed by atoms with Crippen molar-refractivity contribution in [1.82, 2.24) is 0 Å². The lowest BCUT2D eigenvalue weighted by Gasteiger charge is -2.29. The molecule has 1 heterocycles. The molecule has 2 aromatic carbocycles. The molecule has 0 aliphatic carbocycles. The molecule has 2 unspecified atom stereocenters. The molecule has 0 aromatic heterocycles. The Morgan fingerprint density at radius 2 is 1.79 bits per heavy atom. The third kappa shape index (κ3) is 2.11. The molecule has 0 bridgehead atoms. The summed E-state index contributed by atoms with van der Waals surface area (Å²) >= 11 is 0. The van der Waals surface area contributed by atoms with Gasteiger partial charge in [-0.25, -0.2) is 0 Å². The van der Waals surface area contributed by atoms with E-state index in [1.807, 2.05) is 24.3 Å². The first kappa shape index (κ1) is 11.9. The second-order valence-electron chi connectivity index (χ2n) is 4.64. The van der Waals surface area contributed by atoms with Crippen molar-refractivity contribution in [2.75, 3.05) is 0 Å². The Bertz CT molecular complexity index is 609. The molecule has 4 nitrogen and oxygen atoms in total. The summed E-state index contributed by atoms with van der Waals surface area (Å²) in [5.74, 6) is 0.300. The molecule has 19 heavy (non-hydrogen) atoms. The van der Waals surface area contributed by atoms with Crippen molar-refractivity contribution in [2.24, 2.45) is 0 Å². The number of benzene rings is 2. The molecule has 4 heteroatoms. The second kappa shape index (κ2) is 4.48. The Hall–Kier alpha value is -2.20.